The fourth-order valence-corrected chi connectivity index (χ4v) is 3.81. The average Bonchev–Trinajstić information content (AvgIpc) is 3.36. The van der Waals surface area contributed by atoms with Crippen molar-refractivity contribution in [1.82, 2.24) is 15.3 Å². The number of halogens is 2. The summed E-state index contributed by atoms with van der Waals surface area (Å²) in [5.41, 5.74) is 5.56. The topological polar surface area (TPSA) is 41.1 Å². The van der Waals surface area contributed by atoms with Crippen molar-refractivity contribution in [2.75, 3.05) is 18.0 Å². The predicted molar refractivity (Wildman–Crippen MR) is 105 cm³/mol. The highest BCUT2D eigenvalue weighted by molar-refractivity contribution is 5.85. The maximum Gasteiger partial charge on any atom is 0.136 e. The van der Waals surface area contributed by atoms with Gasteiger partial charge in [0.1, 0.15) is 11.6 Å². The van der Waals surface area contributed by atoms with Crippen molar-refractivity contribution < 1.29 is 0 Å². The number of rotatable bonds is 2. The summed E-state index contributed by atoms with van der Waals surface area (Å²) in [6.45, 7) is 4.04. The van der Waals surface area contributed by atoms with Crippen molar-refractivity contribution in [3.63, 3.8) is 0 Å². The van der Waals surface area contributed by atoms with Crippen molar-refractivity contribution in [2.24, 2.45) is 0 Å². The Hall–Kier alpha value is -1.36. The van der Waals surface area contributed by atoms with Crippen LogP contribution < -0.4 is 10.2 Å². The number of benzene rings is 1. The first-order valence-electron chi connectivity index (χ1n) is 8.80. The summed E-state index contributed by atoms with van der Waals surface area (Å²) < 4.78 is 0. The van der Waals surface area contributed by atoms with E-state index in [0.717, 1.165) is 44.8 Å². The van der Waals surface area contributed by atoms with Crippen LogP contribution in [-0.4, -0.2) is 23.1 Å². The van der Waals surface area contributed by atoms with E-state index in [4.69, 9.17) is 9.97 Å². The van der Waals surface area contributed by atoms with Gasteiger partial charge in [-0.25, -0.2) is 9.97 Å². The zero-order valence-corrected chi connectivity index (χ0v) is 15.8. The van der Waals surface area contributed by atoms with Crippen LogP contribution in [0.1, 0.15) is 47.0 Å². The Labute approximate surface area is 161 Å². The van der Waals surface area contributed by atoms with Crippen LogP contribution in [0.15, 0.2) is 24.3 Å². The average molecular weight is 379 g/mol. The summed E-state index contributed by atoms with van der Waals surface area (Å²) in [4.78, 5) is 12.4. The summed E-state index contributed by atoms with van der Waals surface area (Å²) in [6, 6.07) is 8.78. The zero-order chi connectivity index (χ0) is 15.2. The standard InChI is InChI=1S/C19H22N4.2ClH/c1-2-4-15-12-23(11-14(15)3-1)19-16-7-9-20-10-8-17(16)21-18(22-19)13-5-6-13;;/h1-4,13,20H,5-12H2;2*1H. The van der Waals surface area contributed by atoms with Gasteiger partial charge in [-0.15, -0.1) is 24.8 Å². The molecule has 2 aliphatic heterocycles. The van der Waals surface area contributed by atoms with E-state index in [1.165, 1.54) is 41.0 Å². The number of hydrogen-bond acceptors (Lipinski definition) is 4. The fraction of sp³-hybridized carbons (Fsp3) is 0.474. The Kier molecular flexibility index (Phi) is 5.52. The number of nitrogens with zero attached hydrogens (tertiary/aromatic N) is 3. The minimum absolute atomic E-state index is 0. The second-order valence-electron chi connectivity index (χ2n) is 6.98. The molecule has 0 unspecified atom stereocenters. The number of hydrogen-bond donors (Lipinski definition) is 1. The van der Waals surface area contributed by atoms with Crippen molar-refractivity contribution in [3.05, 3.63) is 52.5 Å². The van der Waals surface area contributed by atoms with Crippen molar-refractivity contribution in [2.45, 2.75) is 44.7 Å². The molecule has 1 saturated carbocycles. The molecular weight excluding hydrogens is 355 g/mol. The van der Waals surface area contributed by atoms with Crippen LogP contribution in [0.2, 0.25) is 0 Å². The molecule has 1 aromatic carbocycles. The van der Waals surface area contributed by atoms with Gasteiger partial charge in [-0.3, -0.25) is 0 Å². The van der Waals surface area contributed by atoms with E-state index in [-0.39, 0.29) is 24.8 Å². The summed E-state index contributed by atoms with van der Waals surface area (Å²) in [7, 11) is 0. The molecule has 0 radical (unpaired) electrons. The first-order valence-corrected chi connectivity index (χ1v) is 8.80. The van der Waals surface area contributed by atoms with Crippen molar-refractivity contribution >= 4 is 30.6 Å². The molecule has 3 aliphatic rings. The highest BCUT2D eigenvalue weighted by Crippen LogP contribution is 2.40. The predicted octanol–water partition coefficient (Wildman–Crippen LogP) is 3.41. The maximum atomic E-state index is 5.04. The Morgan fingerprint density at radius 3 is 2.28 bits per heavy atom. The SMILES string of the molecule is Cl.Cl.c1ccc2c(c1)CN(c1nc(C3CC3)nc3c1CCNCC3)C2. The summed E-state index contributed by atoms with van der Waals surface area (Å²) in [5, 5.41) is 3.51. The second kappa shape index (κ2) is 7.48. The van der Waals surface area contributed by atoms with Gasteiger partial charge in [0, 0.05) is 37.5 Å². The van der Waals surface area contributed by atoms with Crippen LogP contribution in [0.25, 0.3) is 0 Å². The van der Waals surface area contributed by atoms with E-state index in [0.29, 0.717) is 5.92 Å². The zero-order valence-electron chi connectivity index (χ0n) is 14.2. The highest BCUT2D eigenvalue weighted by atomic mass is 35.5. The molecule has 134 valence electrons. The number of aromatic nitrogens is 2. The molecule has 6 heteroatoms. The molecule has 0 amide bonds. The van der Waals surface area contributed by atoms with Crippen molar-refractivity contribution in [3.8, 4) is 0 Å². The summed E-state index contributed by atoms with van der Waals surface area (Å²) in [6.07, 6.45) is 4.60. The molecule has 3 heterocycles. The molecule has 5 rings (SSSR count). The van der Waals surface area contributed by atoms with Gasteiger partial charge >= 0.3 is 0 Å². The third-order valence-corrected chi connectivity index (χ3v) is 5.26. The minimum atomic E-state index is 0. The Morgan fingerprint density at radius 2 is 1.60 bits per heavy atom. The summed E-state index contributed by atoms with van der Waals surface area (Å²) in [5.74, 6) is 2.91. The van der Waals surface area contributed by atoms with Gasteiger partial charge in [-0.2, -0.15) is 0 Å². The summed E-state index contributed by atoms with van der Waals surface area (Å²) >= 11 is 0. The number of anilines is 1. The van der Waals surface area contributed by atoms with E-state index in [2.05, 4.69) is 34.5 Å². The fourth-order valence-electron chi connectivity index (χ4n) is 3.81. The van der Waals surface area contributed by atoms with Gasteiger partial charge in [0.05, 0.1) is 5.69 Å². The molecule has 0 saturated heterocycles. The quantitative estimate of drug-likeness (QED) is 0.869. The van der Waals surface area contributed by atoms with E-state index in [1.807, 2.05) is 0 Å². The Balaban J connectivity index is 0.000000911. The lowest BCUT2D eigenvalue weighted by Crippen LogP contribution is -2.21. The smallest absolute Gasteiger partial charge is 0.136 e. The molecule has 25 heavy (non-hydrogen) atoms. The monoisotopic (exact) mass is 378 g/mol. The van der Waals surface area contributed by atoms with Gasteiger partial charge in [0.15, 0.2) is 0 Å². The lowest BCUT2D eigenvalue weighted by molar-refractivity contribution is 0.707. The molecule has 1 aliphatic carbocycles. The molecule has 2 aromatic rings. The van der Waals surface area contributed by atoms with E-state index < -0.39 is 0 Å². The largest absolute Gasteiger partial charge is 0.348 e. The molecule has 0 atom stereocenters. The van der Waals surface area contributed by atoms with Gasteiger partial charge in [0.2, 0.25) is 0 Å². The van der Waals surface area contributed by atoms with Gasteiger partial charge in [-0.05, 0) is 36.9 Å². The van der Waals surface area contributed by atoms with Crippen LogP contribution >= 0.6 is 24.8 Å². The number of nitrogens with one attached hydrogen (secondary N) is 1. The Bertz CT molecular complexity index is 736. The van der Waals surface area contributed by atoms with Crippen LogP contribution in [0, 0.1) is 0 Å². The second-order valence-corrected chi connectivity index (χ2v) is 6.98. The third-order valence-electron chi connectivity index (χ3n) is 5.26. The van der Waals surface area contributed by atoms with Crippen LogP contribution in [-0.2, 0) is 25.9 Å². The third kappa shape index (κ3) is 3.48. The first-order chi connectivity index (χ1) is 11.4. The van der Waals surface area contributed by atoms with E-state index >= 15 is 0 Å². The molecule has 0 bridgehead atoms. The number of fused-ring (bicyclic) bond motifs is 2. The minimum Gasteiger partial charge on any atom is -0.348 e. The highest BCUT2D eigenvalue weighted by Gasteiger charge is 2.31. The van der Waals surface area contributed by atoms with Crippen molar-refractivity contribution in [1.29, 1.82) is 0 Å². The van der Waals surface area contributed by atoms with Crippen LogP contribution in [0.5, 0.6) is 0 Å². The first kappa shape index (κ1) is 18.4. The molecular formula is C19H24Cl2N4. The van der Waals surface area contributed by atoms with Crippen LogP contribution in [0.4, 0.5) is 5.82 Å². The Morgan fingerprint density at radius 1 is 0.920 bits per heavy atom. The van der Waals surface area contributed by atoms with Crippen LogP contribution in [0.3, 0.4) is 0 Å². The molecule has 1 fully saturated rings. The molecule has 1 N–H and O–H groups in total. The normalized spacial score (nSPS) is 18.5. The lowest BCUT2D eigenvalue weighted by Gasteiger charge is -2.22. The van der Waals surface area contributed by atoms with Gasteiger partial charge < -0.3 is 10.2 Å². The molecule has 1 aromatic heterocycles. The van der Waals surface area contributed by atoms with E-state index in [9.17, 15) is 0 Å². The van der Waals surface area contributed by atoms with Gasteiger partial charge in [0.25, 0.3) is 0 Å². The maximum absolute atomic E-state index is 5.04. The molecule has 0 spiro atoms. The van der Waals surface area contributed by atoms with E-state index in [1.54, 1.807) is 0 Å². The molecule has 4 nitrogen and oxygen atoms in total. The lowest BCUT2D eigenvalue weighted by atomic mass is 10.1. The van der Waals surface area contributed by atoms with Gasteiger partial charge in [-0.1, -0.05) is 24.3 Å².